The van der Waals surface area contributed by atoms with E-state index in [9.17, 15) is 9.59 Å². The van der Waals surface area contributed by atoms with E-state index in [0.717, 1.165) is 55.3 Å². The first-order chi connectivity index (χ1) is 17.6. The third-order valence-corrected chi connectivity index (χ3v) is 7.44. The number of carbonyl (C=O) groups is 2. The predicted octanol–water partition coefficient (Wildman–Crippen LogP) is 4.01. The Hall–Kier alpha value is -3.30. The van der Waals surface area contributed by atoms with Crippen molar-refractivity contribution >= 4 is 35.4 Å². The third-order valence-electron chi connectivity index (χ3n) is 6.39. The van der Waals surface area contributed by atoms with Gasteiger partial charge in [-0.15, -0.1) is 0 Å². The highest BCUT2D eigenvalue weighted by molar-refractivity contribution is 8.04. The number of pyridine rings is 1. The molecule has 0 unspecified atom stereocenters. The van der Waals surface area contributed by atoms with Crippen molar-refractivity contribution in [1.29, 1.82) is 0 Å². The largest absolute Gasteiger partial charge is 0.494 e. The smallest absolute Gasteiger partial charge is 0.338 e. The van der Waals surface area contributed by atoms with Gasteiger partial charge in [0, 0.05) is 25.7 Å². The normalized spacial score (nSPS) is 16.0. The maximum absolute atomic E-state index is 13.0. The Bertz CT molecular complexity index is 1280. The molecule has 2 aromatic heterocycles. The standard InChI is InChI=1S/C27H30N4O4S/c1-2-34-27(33)19-6-3-7-22(16-19)35-15-5-12-30-13-10-20(11-14-30)29-26(32)23-17-21-18-28-24-8-4-9-25(36-23)31(21)24/h3-4,6-9,16-18,20H,2,5,10-15H2,1H3,(H,29,32). The number of thioether (sulfide) groups is 1. The van der Waals surface area contributed by atoms with Gasteiger partial charge < -0.3 is 19.7 Å². The number of hydrogen-bond donors (Lipinski definition) is 1. The molecule has 9 heteroatoms. The van der Waals surface area contributed by atoms with Crippen molar-refractivity contribution in [3.8, 4) is 5.75 Å². The van der Waals surface area contributed by atoms with Crippen LogP contribution in [0.3, 0.4) is 0 Å². The number of piperidine rings is 1. The van der Waals surface area contributed by atoms with Crippen LogP contribution in [0.1, 0.15) is 42.2 Å². The number of carbonyl (C=O) groups excluding carboxylic acids is 2. The predicted molar refractivity (Wildman–Crippen MR) is 139 cm³/mol. The molecule has 188 valence electrons. The number of hydrogen-bond acceptors (Lipinski definition) is 7. The molecule has 0 saturated carbocycles. The molecule has 1 aromatic carbocycles. The SMILES string of the molecule is CCOC(=O)c1cccc(OCCCN2CCC(NC(=O)C3=Cc4cnc5cccc(n45)S3)CC2)c1. The van der Waals surface area contributed by atoms with Gasteiger partial charge in [-0.05, 0) is 62.6 Å². The number of imidazole rings is 1. The number of ether oxygens (including phenoxy) is 2. The molecule has 1 amide bonds. The highest BCUT2D eigenvalue weighted by atomic mass is 32.2. The van der Waals surface area contributed by atoms with E-state index in [4.69, 9.17) is 9.47 Å². The highest BCUT2D eigenvalue weighted by Crippen LogP contribution is 2.34. The van der Waals surface area contributed by atoms with Crippen LogP contribution in [0.4, 0.5) is 0 Å². The third kappa shape index (κ3) is 5.57. The van der Waals surface area contributed by atoms with Crippen molar-refractivity contribution < 1.29 is 19.1 Å². The Morgan fingerprint density at radius 1 is 1.17 bits per heavy atom. The number of benzene rings is 1. The first kappa shape index (κ1) is 24.4. The summed E-state index contributed by atoms with van der Waals surface area (Å²) in [6, 6.07) is 13.2. The van der Waals surface area contributed by atoms with Crippen molar-refractivity contribution in [2.75, 3.05) is 32.8 Å². The number of aromatic nitrogens is 2. The number of esters is 1. The molecule has 0 spiro atoms. The molecule has 1 fully saturated rings. The topological polar surface area (TPSA) is 85.2 Å². The lowest BCUT2D eigenvalue weighted by molar-refractivity contribution is -0.117. The van der Waals surface area contributed by atoms with Gasteiger partial charge >= 0.3 is 5.97 Å². The van der Waals surface area contributed by atoms with Gasteiger partial charge in [0.1, 0.15) is 11.4 Å². The summed E-state index contributed by atoms with van der Waals surface area (Å²) in [6.45, 7) is 5.55. The van der Waals surface area contributed by atoms with E-state index in [1.165, 1.54) is 11.8 Å². The first-order valence-electron chi connectivity index (χ1n) is 12.4. The molecule has 2 aliphatic heterocycles. The average molecular weight is 507 g/mol. The fraction of sp³-hybridized carbons (Fsp3) is 0.370. The van der Waals surface area contributed by atoms with Crippen LogP contribution in [-0.2, 0) is 9.53 Å². The van der Waals surface area contributed by atoms with E-state index in [0.29, 0.717) is 29.4 Å². The van der Waals surface area contributed by atoms with Crippen molar-refractivity contribution in [2.24, 2.45) is 0 Å². The zero-order valence-corrected chi connectivity index (χ0v) is 21.1. The van der Waals surface area contributed by atoms with E-state index in [1.807, 2.05) is 36.5 Å². The molecule has 8 nitrogen and oxygen atoms in total. The maximum atomic E-state index is 13.0. The van der Waals surface area contributed by atoms with Gasteiger partial charge in [0.15, 0.2) is 0 Å². The van der Waals surface area contributed by atoms with E-state index >= 15 is 0 Å². The van der Waals surface area contributed by atoms with Gasteiger partial charge in [-0.3, -0.25) is 9.20 Å². The molecular weight excluding hydrogens is 476 g/mol. The van der Waals surface area contributed by atoms with Crippen LogP contribution in [0, 0.1) is 0 Å². The summed E-state index contributed by atoms with van der Waals surface area (Å²) < 4.78 is 13.0. The second-order valence-corrected chi connectivity index (χ2v) is 9.95. The maximum Gasteiger partial charge on any atom is 0.338 e. The van der Waals surface area contributed by atoms with Gasteiger partial charge in [0.2, 0.25) is 0 Å². The van der Waals surface area contributed by atoms with Gasteiger partial charge in [0.25, 0.3) is 5.91 Å². The number of likely N-dealkylation sites (tertiary alicyclic amines) is 1. The zero-order chi connectivity index (χ0) is 24.9. The summed E-state index contributed by atoms with van der Waals surface area (Å²) in [7, 11) is 0. The molecule has 36 heavy (non-hydrogen) atoms. The van der Waals surface area contributed by atoms with E-state index in [2.05, 4.69) is 19.6 Å². The van der Waals surface area contributed by atoms with Crippen LogP contribution in [0.25, 0.3) is 11.7 Å². The monoisotopic (exact) mass is 506 g/mol. The van der Waals surface area contributed by atoms with Gasteiger partial charge in [-0.1, -0.05) is 23.9 Å². The molecule has 2 aliphatic rings. The average Bonchev–Trinajstić information content (AvgIpc) is 3.32. The Kier molecular flexibility index (Phi) is 7.58. The van der Waals surface area contributed by atoms with Crippen molar-refractivity contribution in [2.45, 2.75) is 37.3 Å². The number of amides is 1. The Balaban J connectivity index is 1.03. The molecule has 1 N–H and O–H groups in total. The lowest BCUT2D eigenvalue weighted by Gasteiger charge is -2.32. The lowest BCUT2D eigenvalue weighted by Crippen LogP contribution is -2.45. The highest BCUT2D eigenvalue weighted by Gasteiger charge is 2.24. The minimum atomic E-state index is -0.333. The van der Waals surface area contributed by atoms with Gasteiger partial charge in [-0.2, -0.15) is 0 Å². The molecule has 1 saturated heterocycles. The molecule has 0 radical (unpaired) electrons. The van der Waals surface area contributed by atoms with E-state index < -0.39 is 0 Å². The van der Waals surface area contributed by atoms with Crippen LogP contribution < -0.4 is 10.1 Å². The summed E-state index contributed by atoms with van der Waals surface area (Å²) in [5.41, 5.74) is 2.34. The minimum Gasteiger partial charge on any atom is -0.494 e. The van der Waals surface area contributed by atoms with Crippen LogP contribution in [0.5, 0.6) is 5.75 Å². The van der Waals surface area contributed by atoms with Crippen molar-refractivity contribution in [1.82, 2.24) is 19.6 Å². The Morgan fingerprint density at radius 3 is 2.83 bits per heavy atom. The first-order valence-corrected chi connectivity index (χ1v) is 13.2. The molecule has 5 rings (SSSR count). The minimum absolute atomic E-state index is 0.0126. The number of rotatable bonds is 9. The van der Waals surface area contributed by atoms with Gasteiger partial charge in [-0.25, -0.2) is 9.78 Å². The number of nitrogens with one attached hydrogen (secondary N) is 1. The van der Waals surface area contributed by atoms with Crippen LogP contribution >= 0.6 is 11.8 Å². The van der Waals surface area contributed by atoms with Crippen molar-refractivity contribution in [3.63, 3.8) is 0 Å². The summed E-state index contributed by atoms with van der Waals surface area (Å²) in [6.07, 6.45) is 6.48. The van der Waals surface area contributed by atoms with Crippen LogP contribution in [0.15, 0.2) is 58.6 Å². The Labute approximate surface area is 214 Å². The van der Waals surface area contributed by atoms with Gasteiger partial charge in [0.05, 0.1) is 40.6 Å². The lowest BCUT2D eigenvalue weighted by atomic mass is 10.0. The second-order valence-electron chi connectivity index (χ2n) is 8.89. The summed E-state index contributed by atoms with van der Waals surface area (Å²) in [5.74, 6) is 0.331. The zero-order valence-electron chi connectivity index (χ0n) is 20.3. The summed E-state index contributed by atoms with van der Waals surface area (Å²) in [5, 5.41) is 4.24. The second kappa shape index (κ2) is 11.2. The summed E-state index contributed by atoms with van der Waals surface area (Å²) >= 11 is 1.49. The van der Waals surface area contributed by atoms with E-state index in [1.54, 1.807) is 25.1 Å². The Morgan fingerprint density at radius 2 is 2.00 bits per heavy atom. The van der Waals surface area contributed by atoms with E-state index in [-0.39, 0.29) is 17.9 Å². The molecule has 4 heterocycles. The fourth-order valence-electron chi connectivity index (χ4n) is 4.56. The molecule has 0 bridgehead atoms. The molecular formula is C27H30N4O4S. The molecule has 0 atom stereocenters. The van der Waals surface area contributed by atoms with Crippen LogP contribution in [-0.4, -0.2) is 65.1 Å². The van der Waals surface area contributed by atoms with Crippen molar-refractivity contribution in [3.05, 3.63) is 64.8 Å². The molecule has 0 aliphatic carbocycles. The quantitative estimate of drug-likeness (QED) is 0.347. The molecule has 3 aromatic rings. The fourth-order valence-corrected chi connectivity index (χ4v) is 5.55. The number of nitrogens with zero attached hydrogens (tertiary/aromatic N) is 3. The van der Waals surface area contributed by atoms with Crippen LogP contribution in [0.2, 0.25) is 0 Å². The summed E-state index contributed by atoms with van der Waals surface area (Å²) in [4.78, 5) is 32.4.